The molecule has 1 aliphatic rings. The van der Waals surface area contributed by atoms with Gasteiger partial charge in [-0.2, -0.15) is 0 Å². The van der Waals surface area contributed by atoms with Crippen LogP contribution in [0.4, 0.5) is 5.69 Å². The highest BCUT2D eigenvalue weighted by Crippen LogP contribution is 2.34. The van der Waals surface area contributed by atoms with Gasteiger partial charge < -0.3 is 20.3 Å². The fourth-order valence-corrected chi connectivity index (χ4v) is 4.22. The van der Waals surface area contributed by atoms with Crippen LogP contribution in [0.5, 0.6) is 5.75 Å². The Kier molecular flexibility index (Phi) is 6.38. The second-order valence-electron chi connectivity index (χ2n) is 7.81. The number of hydrogen-bond donors (Lipinski definition) is 2. The molecular formula is C23H29ClN4O. The van der Waals surface area contributed by atoms with Crippen molar-refractivity contribution in [2.24, 2.45) is 0 Å². The number of halogens is 1. The molecule has 154 valence electrons. The molecule has 29 heavy (non-hydrogen) atoms. The smallest absolute Gasteiger partial charge is 0.119 e. The van der Waals surface area contributed by atoms with E-state index in [2.05, 4.69) is 34.6 Å². The first-order chi connectivity index (χ1) is 14.1. The number of rotatable bonds is 7. The van der Waals surface area contributed by atoms with Crippen LogP contribution in [0.1, 0.15) is 19.8 Å². The van der Waals surface area contributed by atoms with Gasteiger partial charge >= 0.3 is 0 Å². The van der Waals surface area contributed by atoms with Crippen molar-refractivity contribution in [3.63, 3.8) is 0 Å². The van der Waals surface area contributed by atoms with E-state index < -0.39 is 0 Å². The van der Waals surface area contributed by atoms with E-state index in [4.69, 9.17) is 21.3 Å². The van der Waals surface area contributed by atoms with Crippen LogP contribution in [-0.2, 0) is 0 Å². The lowest BCUT2D eigenvalue weighted by Gasteiger charge is -2.27. The third kappa shape index (κ3) is 4.74. The van der Waals surface area contributed by atoms with Gasteiger partial charge in [-0.15, -0.1) is 0 Å². The lowest BCUT2D eigenvalue weighted by Crippen LogP contribution is -2.43. The first-order valence-corrected chi connectivity index (χ1v) is 10.8. The van der Waals surface area contributed by atoms with Gasteiger partial charge in [-0.3, -0.25) is 0 Å². The SMILES string of the molecule is COc1ccc2nc3cc(Cl)ccc3c(NC(C)CCCN3CCNCC3)c2c1. The summed E-state index contributed by atoms with van der Waals surface area (Å²) < 4.78 is 5.46. The molecule has 2 N–H and O–H groups in total. The summed E-state index contributed by atoms with van der Waals surface area (Å²) in [6.45, 7) is 7.94. The Morgan fingerprint density at radius 2 is 1.97 bits per heavy atom. The number of ether oxygens (including phenoxy) is 1. The van der Waals surface area contributed by atoms with Crippen LogP contribution < -0.4 is 15.4 Å². The van der Waals surface area contributed by atoms with Gasteiger partial charge in [0, 0.05) is 48.0 Å². The van der Waals surface area contributed by atoms with E-state index in [1.165, 1.54) is 6.42 Å². The minimum Gasteiger partial charge on any atom is -0.497 e. The first-order valence-electron chi connectivity index (χ1n) is 10.4. The van der Waals surface area contributed by atoms with Crippen LogP contribution in [0.25, 0.3) is 21.8 Å². The van der Waals surface area contributed by atoms with Crippen molar-refractivity contribution in [3.05, 3.63) is 41.4 Å². The second kappa shape index (κ2) is 9.16. The summed E-state index contributed by atoms with van der Waals surface area (Å²) in [5.74, 6) is 0.835. The number of fused-ring (bicyclic) bond motifs is 2. The highest BCUT2D eigenvalue weighted by atomic mass is 35.5. The standard InChI is InChI=1S/C23H29ClN4O/c1-16(4-3-11-28-12-9-25-10-13-28)26-23-19-7-5-17(24)14-22(19)27-21-8-6-18(29-2)15-20(21)23/h5-8,14-16,25H,3-4,9-13H2,1-2H3,(H,26,27). The fraction of sp³-hybridized carbons (Fsp3) is 0.435. The molecule has 0 aliphatic carbocycles. The van der Waals surface area contributed by atoms with Crippen LogP contribution in [0.2, 0.25) is 5.02 Å². The molecule has 4 rings (SSSR count). The Morgan fingerprint density at radius 1 is 1.14 bits per heavy atom. The van der Waals surface area contributed by atoms with E-state index in [1.807, 2.05) is 24.3 Å². The molecule has 5 nitrogen and oxygen atoms in total. The zero-order chi connectivity index (χ0) is 20.2. The maximum absolute atomic E-state index is 6.23. The Morgan fingerprint density at radius 3 is 2.76 bits per heavy atom. The molecule has 0 bridgehead atoms. The number of benzene rings is 2. The third-order valence-electron chi connectivity index (χ3n) is 5.65. The lowest BCUT2D eigenvalue weighted by atomic mass is 10.1. The summed E-state index contributed by atoms with van der Waals surface area (Å²) in [7, 11) is 1.70. The van der Waals surface area contributed by atoms with Gasteiger partial charge in [0.15, 0.2) is 0 Å². The highest BCUT2D eigenvalue weighted by Gasteiger charge is 2.14. The molecule has 0 amide bonds. The van der Waals surface area contributed by atoms with Crippen LogP contribution in [0.3, 0.4) is 0 Å². The average molecular weight is 413 g/mol. The van der Waals surface area contributed by atoms with Gasteiger partial charge in [0.05, 0.1) is 23.8 Å². The van der Waals surface area contributed by atoms with Crippen molar-refractivity contribution in [1.82, 2.24) is 15.2 Å². The predicted molar refractivity (Wildman–Crippen MR) is 122 cm³/mol. The Hall–Kier alpha value is -2.08. The van der Waals surface area contributed by atoms with Gasteiger partial charge in [-0.1, -0.05) is 11.6 Å². The molecule has 1 unspecified atom stereocenters. The number of pyridine rings is 1. The zero-order valence-electron chi connectivity index (χ0n) is 17.2. The first kappa shape index (κ1) is 20.2. The largest absolute Gasteiger partial charge is 0.497 e. The second-order valence-corrected chi connectivity index (χ2v) is 8.25. The van der Waals surface area contributed by atoms with E-state index in [-0.39, 0.29) is 0 Å². The van der Waals surface area contributed by atoms with E-state index in [9.17, 15) is 0 Å². The molecule has 0 saturated carbocycles. The minimum atomic E-state index is 0.355. The molecule has 3 aromatic rings. The molecule has 2 aromatic carbocycles. The number of aromatic nitrogens is 1. The van der Waals surface area contributed by atoms with Crippen molar-refractivity contribution in [1.29, 1.82) is 0 Å². The van der Waals surface area contributed by atoms with E-state index in [0.29, 0.717) is 11.1 Å². The lowest BCUT2D eigenvalue weighted by molar-refractivity contribution is 0.236. The molecule has 0 spiro atoms. The zero-order valence-corrected chi connectivity index (χ0v) is 17.9. The minimum absolute atomic E-state index is 0.355. The number of hydrogen-bond acceptors (Lipinski definition) is 5. The molecule has 2 heterocycles. The molecular weight excluding hydrogens is 384 g/mol. The number of nitrogens with one attached hydrogen (secondary N) is 2. The van der Waals surface area contributed by atoms with Gasteiger partial charge in [-0.05, 0) is 62.7 Å². The monoisotopic (exact) mass is 412 g/mol. The molecule has 1 fully saturated rings. The average Bonchev–Trinajstić information content (AvgIpc) is 2.74. The molecule has 1 saturated heterocycles. The Bertz CT molecular complexity index is 987. The molecule has 6 heteroatoms. The van der Waals surface area contributed by atoms with Crippen molar-refractivity contribution in [3.8, 4) is 5.75 Å². The maximum Gasteiger partial charge on any atom is 0.119 e. The highest BCUT2D eigenvalue weighted by molar-refractivity contribution is 6.31. The summed E-state index contributed by atoms with van der Waals surface area (Å²) in [6, 6.07) is 12.3. The van der Waals surface area contributed by atoms with Gasteiger partial charge in [-0.25, -0.2) is 4.98 Å². The fourth-order valence-electron chi connectivity index (χ4n) is 4.05. The summed E-state index contributed by atoms with van der Waals surface area (Å²) in [5.41, 5.74) is 2.96. The summed E-state index contributed by atoms with van der Waals surface area (Å²) >= 11 is 6.23. The normalized spacial score (nSPS) is 16.2. The van der Waals surface area contributed by atoms with Crippen LogP contribution in [0.15, 0.2) is 36.4 Å². The molecule has 1 aromatic heterocycles. The third-order valence-corrected chi connectivity index (χ3v) is 5.89. The summed E-state index contributed by atoms with van der Waals surface area (Å²) in [6.07, 6.45) is 2.30. The maximum atomic E-state index is 6.23. The number of anilines is 1. The number of methoxy groups -OCH3 is 1. The molecule has 0 radical (unpaired) electrons. The Labute approximate surface area is 177 Å². The van der Waals surface area contributed by atoms with Crippen LogP contribution >= 0.6 is 11.6 Å². The van der Waals surface area contributed by atoms with Crippen molar-refractivity contribution < 1.29 is 4.74 Å². The van der Waals surface area contributed by atoms with Crippen molar-refractivity contribution >= 4 is 39.1 Å². The molecule has 1 aliphatic heterocycles. The van der Waals surface area contributed by atoms with Crippen LogP contribution in [-0.4, -0.2) is 55.8 Å². The van der Waals surface area contributed by atoms with E-state index in [1.54, 1.807) is 7.11 Å². The number of nitrogens with zero attached hydrogens (tertiary/aromatic N) is 2. The van der Waals surface area contributed by atoms with Crippen LogP contribution in [0, 0.1) is 0 Å². The van der Waals surface area contributed by atoms with Crippen molar-refractivity contribution in [2.75, 3.05) is 45.2 Å². The van der Waals surface area contributed by atoms with Gasteiger partial charge in [0.1, 0.15) is 5.75 Å². The summed E-state index contributed by atoms with van der Waals surface area (Å²) in [5, 5.41) is 10.0. The Balaban J connectivity index is 1.57. The quantitative estimate of drug-likeness (QED) is 0.558. The van der Waals surface area contributed by atoms with E-state index in [0.717, 1.165) is 72.4 Å². The van der Waals surface area contributed by atoms with Gasteiger partial charge in [0.25, 0.3) is 0 Å². The number of piperazine rings is 1. The topological polar surface area (TPSA) is 49.4 Å². The molecule has 1 atom stereocenters. The van der Waals surface area contributed by atoms with Gasteiger partial charge in [0.2, 0.25) is 0 Å². The van der Waals surface area contributed by atoms with E-state index >= 15 is 0 Å². The summed E-state index contributed by atoms with van der Waals surface area (Å²) in [4.78, 5) is 7.36. The van der Waals surface area contributed by atoms with Crippen molar-refractivity contribution in [2.45, 2.75) is 25.8 Å². The predicted octanol–water partition coefficient (Wildman–Crippen LogP) is 4.54.